The lowest BCUT2D eigenvalue weighted by molar-refractivity contribution is -0.161. The average Bonchev–Trinajstić information content (AvgIpc) is 0.981. The van der Waals surface area contributed by atoms with E-state index in [9.17, 15) is 43.2 Å². The van der Waals surface area contributed by atoms with Crippen molar-refractivity contribution in [1.82, 2.24) is 0 Å². The summed E-state index contributed by atoms with van der Waals surface area (Å²) in [4.78, 5) is 72.9. The number of phosphoric acid groups is 2. The number of aliphatic hydroxyl groups is 1. The molecule has 3 N–H and O–H groups in total. The Morgan fingerprint density at radius 3 is 0.776 bits per heavy atom. The Kier molecular flexibility index (Phi) is 69.3. The molecule has 0 aromatic carbocycles. The van der Waals surface area contributed by atoms with E-state index in [4.69, 9.17) is 37.0 Å². The maximum absolute atomic E-state index is 13.1. The Balaban J connectivity index is 5.20. The molecule has 0 heterocycles. The number of aliphatic hydroxyl groups excluding tert-OH is 1. The molecule has 0 spiro atoms. The van der Waals surface area contributed by atoms with E-state index in [2.05, 4.69) is 41.5 Å². The van der Waals surface area contributed by atoms with Gasteiger partial charge >= 0.3 is 39.5 Å². The molecule has 0 saturated carbocycles. The van der Waals surface area contributed by atoms with Gasteiger partial charge in [0.1, 0.15) is 19.3 Å². The van der Waals surface area contributed by atoms with Crippen LogP contribution < -0.4 is 0 Å². The minimum absolute atomic E-state index is 0.108. The van der Waals surface area contributed by atoms with Crippen LogP contribution in [0.25, 0.3) is 0 Å². The first-order valence-electron chi connectivity index (χ1n) is 41.0. The van der Waals surface area contributed by atoms with E-state index >= 15 is 0 Å². The summed E-state index contributed by atoms with van der Waals surface area (Å²) in [7, 11) is -9.91. The first-order valence-corrected chi connectivity index (χ1v) is 44.0. The van der Waals surface area contributed by atoms with Crippen molar-refractivity contribution in [3.05, 3.63) is 0 Å². The SMILES string of the molecule is CCCCCCCCCCCCCCCCC(=O)O[C@H](COC(=O)CCCCCCCCCCC)COP(=O)(O)OC[C@H](O)COP(=O)(O)OC[C@@H](COC(=O)CCCCCCCCCCCCC(C)CC)OC(=O)CCCCCCCCCCCCCCCCCCCCC(C)C. The Morgan fingerprint density at radius 2 is 0.520 bits per heavy atom. The molecule has 0 fully saturated rings. The van der Waals surface area contributed by atoms with Crippen molar-refractivity contribution in [2.75, 3.05) is 39.6 Å². The maximum Gasteiger partial charge on any atom is 0.472 e. The molecule has 98 heavy (non-hydrogen) atoms. The lowest BCUT2D eigenvalue weighted by atomic mass is 9.99. The first-order chi connectivity index (χ1) is 47.4. The van der Waals surface area contributed by atoms with Crippen molar-refractivity contribution < 1.29 is 80.2 Å². The summed E-state index contributed by atoms with van der Waals surface area (Å²) in [5, 5.41) is 10.6. The monoisotopic (exact) mass is 1440 g/mol. The smallest absolute Gasteiger partial charge is 0.462 e. The molecular formula is C79H154O17P2. The minimum atomic E-state index is -4.96. The number of esters is 4. The van der Waals surface area contributed by atoms with Gasteiger partial charge in [-0.2, -0.15) is 0 Å². The second kappa shape index (κ2) is 70.7. The number of unbranched alkanes of at least 4 members (excludes halogenated alkanes) is 47. The number of phosphoric ester groups is 2. The van der Waals surface area contributed by atoms with E-state index in [0.717, 1.165) is 102 Å². The molecule has 0 aromatic rings. The first kappa shape index (κ1) is 96.1. The van der Waals surface area contributed by atoms with Crippen LogP contribution in [0.1, 0.15) is 414 Å². The van der Waals surface area contributed by atoms with Crippen LogP contribution in [0.2, 0.25) is 0 Å². The van der Waals surface area contributed by atoms with Crippen LogP contribution in [-0.4, -0.2) is 96.7 Å². The van der Waals surface area contributed by atoms with E-state index in [1.807, 2.05) is 0 Å². The van der Waals surface area contributed by atoms with E-state index < -0.39 is 97.5 Å². The van der Waals surface area contributed by atoms with Crippen LogP contribution >= 0.6 is 15.6 Å². The quantitative estimate of drug-likeness (QED) is 0.0222. The highest BCUT2D eigenvalue weighted by molar-refractivity contribution is 7.47. The number of ether oxygens (including phenoxy) is 4. The van der Waals surface area contributed by atoms with Crippen LogP contribution in [0.5, 0.6) is 0 Å². The molecule has 0 aliphatic heterocycles. The van der Waals surface area contributed by atoms with Gasteiger partial charge in [0.25, 0.3) is 0 Å². The third-order valence-corrected chi connectivity index (χ3v) is 20.7. The molecule has 3 unspecified atom stereocenters. The highest BCUT2D eigenvalue weighted by Gasteiger charge is 2.30. The Bertz CT molecular complexity index is 1890. The number of carbonyl (C=O) groups excluding carboxylic acids is 4. The summed E-state index contributed by atoms with van der Waals surface area (Å²) in [5.41, 5.74) is 0. The van der Waals surface area contributed by atoms with Crippen LogP contribution in [0.4, 0.5) is 0 Å². The van der Waals surface area contributed by atoms with Crippen molar-refractivity contribution in [2.24, 2.45) is 11.8 Å². The predicted molar refractivity (Wildman–Crippen MR) is 400 cm³/mol. The summed E-state index contributed by atoms with van der Waals surface area (Å²) in [6, 6.07) is 0. The molecule has 0 aromatic heterocycles. The molecule has 0 radical (unpaired) electrons. The minimum Gasteiger partial charge on any atom is -0.462 e. The van der Waals surface area contributed by atoms with E-state index in [1.54, 1.807) is 0 Å². The molecule has 0 bridgehead atoms. The van der Waals surface area contributed by atoms with Gasteiger partial charge in [-0.1, -0.05) is 363 Å². The molecule has 582 valence electrons. The molecule has 0 rings (SSSR count). The van der Waals surface area contributed by atoms with Gasteiger partial charge in [0, 0.05) is 25.7 Å². The Hall–Kier alpha value is -1.94. The van der Waals surface area contributed by atoms with Gasteiger partial charge in [-0.3, -0.25) is 37.3 Å². The number of rotatable bonds is 78. The van der Waals surface area contributed by atoms with Crippen molar-refractivity contribution in [3.63, 3.8) is 0 Å². The topological polar surface area (TPSA) is 237 Å². The zero-order chi connectivity index (χ0) is 72.1. The second-order valence-corrected chi connectivity index (χ2v) is 32.1. The van der Waals surface area contributed by atoms with Crippen molar-refractivity contribution >= 4 is 39.5 Å². The largest absolute Gasteiger partial charge is 0.472 e. The van der Waals surface area contributed by atoms with Gasteiger partial charge < -0.3 is 33.8 Å². The fourth-order valence-corrected chi connectivity index (χ4v) is 13.7. The van der Waals surface area contributed by atoms with Crippen LogP contribution in [0, 0.1) is 11.8 Å². The highest BCUT2D eigenvalue weighted by Crippen LogP contribution is 2.45. The highest BCUT2D eigenvalue weighted by atomic mass is 31.2. The molecule has 0 amide bonds. The summed E-state index contributed by atoms with van der Waals surface area (Å²) in [5.74, 6) is -0.482. The normalized spacial score (nSPS) is 14.2. The van der Waals surface area contributed by atoms with Crippen molar-refractivity contribution in [1.29, 1.82) is 0 Å². The third-order valence-electron chi connectivity index (χ3n) is 18.8. The zero-order valence-corrected chi connectivity index (χ0v) is 65.9. The van der Waals surface area contributed by atoms with Crippen LogP contribution in [-0.2, 0) is 65.4 Å². The summed E-state index contributed by atoms with van der Waals surface area (Å²) in [6.07, 6.45) is 59.6. The number of hydrogen-bond donors (Lipinski definition) is 3. The zero-order valence-electron chi connectivity index (χ0n) is 64.1. The third kappa shape index (κ3) is 71.1. The van der Waals surface area contributed by atoms with Gasteiger partial charge in [0.05, 0.1) is 26.4 Å². The molecule has 0 aliphatic carbocycles. The van der Waals surface area contributed by atoms with E-state index in [1.165, 1.54) is 231 Å². The average molecular weight is 1440 g/mol. The number of hydrogen-bond acceptors (Lipinski definition) is 15. The van der Waals surface area contributed by atoms with E-state index in [0.29, 0.717) is 25.7 Å². The standard InChI is InChI=1S/C79H154O17P2/c1-7-10-12-14-16-18-19-20-28-31-39-45-51-57-63-78(83)95-74(67-89-76(81)61-55-49-43-35-17-15-13-11-8-2)69-93-97(85,86)91-65-73(80)66-92-98(87,88)94-70-75(68-90-77(82)62-56-50-44-38-34-33-37-42-48-54-60-72(6)9-3)96-79(84)64-58-52-46-40-32-29-26-24-22-21-23-25-27-30-36-41-47-53-59-71(4)5/h71-75,80H,7-70H2,1-6H3,(H,85,86)(H,87,88)/t72?,73-,74+,75+/m0/s1. The molecule has 19 heteroatoms. The maximum atomic E-state index is 13.1. The van der Waals surface area contributed by atoms with Crippen LogP contribution in [0.3, 0.4) is 0 Å². The van der Waals surface area contributed by atoms with Gasteiger partial charge in [-0.15, -0.1) is 0 Å². The molecule has 0 aliphatic rings. The van der Waals surface area contributed by atoms with Gasteiger partial charge in [0.2, 0.25) is 0 Å². The van der Waals surface area contributed by atoms with Crippen molar-refractivity contribution in [3.8, 4) is 0 Å². The predicted octanol–water partition coefficient (Wildman–Crippen LogP) is 23.5. The van der Waals surface area contributed by atoms with Gasteiger partial charge in [0.15, 0.2) is 12.2 Å². The molecular weight excluding hydrogens is 1280 g/mol. The van der Waals surface area contributed by atoms with Crippen molar-refractivity contribution in [2.45, 2.75) is 432 Å². The second-order valence-electron chi connectivity index (χ2n) is 29.2. The Labute approximate surface area is 600 Å². The fourth-order valence-electron chi connectivity index (χ4n) is 12.2. The lowest BCUT2D eigenvalue weighted by Crippen LogP contribution is -2.30. The Morgan fingerprint density at radius 1 is 0.296 bits per heavy atom. The lowest BCUT2D eigenvalue weighted by Gasteiger charge is -2.21. The van der Waals surface area contributed by atoms with Gasteiger partial charge in [-0.05, 0) is 37.5 Å². The van der Waals surface area contributed by atoms with Crippen LogP contribution in [0.15, 0.2) is 0 Å². The summed E-state index contributed by atoms with van der Waals surface area (Å²) >= 11 is 0. The van der Waals surface area contributed by atoms with E-state index in [-0.39, 0.29) is 25.7 Å². The number of carbonyl (C=O) groups is 4. The molecule has 6 atom stereocenters. The molecule has 17 nitrogen and oxygen atoms in total. The summed E-state index contributed by atoms with van der Waals surface area (Å²) in [6.45, 7) is 9.67. The fraction of sp³-hybridized carbons (Fsp3) is 0.949. The summed E-state index contributed by atoms with van der Waals surface area (Å²) < 4.78 is 68.6. The van der Waals surface area contributed by atoms with Gasteiger partial charge in [-0.25, -0.2) is 9.13 Å². The molecule has 0 saturated heterocycles.